The molecule has 1 aromatic heterocycles. The van der Waals surface area contributed by atoms with E-state index >= 15 is 0 Å². The molecular weight excluding hydrogens is 311 g/mol. The minimum Gasteiger partial charge on any atom is -0.324 e. The van der Waals surface area contributed by atoms with Crippen LogP contribution in [0.1, 0.15) is 0 Å². The molecule has 1 N–H and O–H groups in total. The number of para-hydroxylation sites is 1. The zero-order valence-electron chi connectivity index (χ0n) is 10.3. The van der Waals surface area contributed by atoms with E-state index in [9.17, 15) is 0 Å². The van der Waals surface area contributed by atoms with Crippen LogP contribution in [0.15, 0.2) is 59.6 Å². The third-order valence-corrected chi connectivity index (χ3v) is 3.98. The fourth-order valence-electron chi connectivity index (χ4n) is 1.89. The molecular formula is C15H10Cl2N2S. The van der Waals surface area contributed by atoms with Gasteiger partial charge in [0.2, 0.25) is 0 Å². The third-order valence-electron chi connectivity index (χ3n) is 2.75. The molecule has 0 radical (unpaired) electrons. The molecule has 3 rings (SSSR count). The van der Waals surface area contributed by atoms with Gasteiger partial charge in [0, 0.05) is 26.5 Å². The number of hydrogen-bond donors (Lipinski definition) is 1. The van der Waals surface area contributed by atoms with Crippen LogP contribution < -0.4 is 4.72 Å². The fraction of sp³-hybridized carbons (Fsp3) is 0. The van der Waals surface area contributed by atoms with E-state index in [0.717, 1.165) is 21.5 Å². The Labute approximate surface area is 131 Å². The molecule has 2 nitrogen and oxygen atoms in total. The second kappa shape index (κ2) is 5.92. The summed E-state index contributed by atoms with van der Waals surface area (Å²) in [5, 5.41) is 2.35. The number of aromatic nitrogens is 1. The smallest absolute Gasteiger partial charge is 0.0941 e. The van der Waals surface area contributed by atoms with E-state index in [1.807, 2.05) is 42.5 Å². The van der Waals surface area contributed by atoms with Gasteiger partial charge >= 0.3 is 0 Å². The molecule has 100 valence electrons. The van der Waals surface area contributed by atoms with Crippen molar-refractivity contribution in [1.29, 1.82) is 0 Å². The number of nitrogens with zero attached hydrogens (tertiary/aromatic N) is 1. The highest BCUT2D eigenvalue weighted by Crippen LogP contribution is 2.29. The first-order valence-electron chi connectivity index (χ1n) is 5.95. The molecule has 20 heavy (non-hydrogen) atoms. The molecule has 0 aliphatic rings. The summed E-state index contributed by atoms with van der Waals surface area (Å²) < 4.78 is 3.30. The van der Waals surface area contributed by atoms with Crippen molar-refractivity contribution in [3.63, 3.8) is 0 Å². The summed E-state index contributed by atoms with van der Waals surface area (Å²) in [6, 6.07) is 15.4. The van der Waals surface area contributed by atoms with Gasteiger partial charge in [-0.1, -0.05) is 41.4 Å². The maximum absolute atomic E-state index is 5.99. The Kier molecular flexibility index (Phi) is 4.01. The lowest BCUT2D eigenvalue weighted by atomic mass is 10.2. The summed E-state index contributed by atoms with van der Waals surface area (Å²) in [4.78, 5) is 5.35. The van der Waals surface area contributed by atoms with Crippen LogP contribution in [0.2, 0.25) is 10.0 Å². The van der Waals surface area contributed by atoms with Crippen molar-refractivity contribution >= 4 is 51.7 Å². The highest BCUT2D eigenvalue weighted by Gasteiger charge is 2.03. The SMILES string of the molecule is Clc1cc(Cl)cc(SNc2cccc3cccnc23)c1. The molecule has 0 saturated heterocycles. The predicted octanol–water partition coefficient (Wildman–Crippen LogP) is 5.66. The number of fused-ring (bicyclic) bond motifs is 1. The van der Waals surface area contributed by atoms with E-state index in [4.69, 9.17) is 23.2 Å². The number of hydrogen-bond acceptors (Lipinski definition) is 3. The van der Waals surface area contributed by atoms with Gasteiger partial charge in [-0.2, -0.15) is 0 Å². The van der Waals surface area contributed by atoms with E-state index in [2.05, 4.69) is 9.71 Å². The van der Waals surface area contributed by atoms with Gasteiger partial charge in [-0.05, 0) is 42.3 Å². The molecule has 0 aliphatic carbocycles. The second-order valence-corrected chi connectivity index (χ2v) is 5.94. The summed E-state index contributed by atoms with van der Waals surface area (Å²) in [6.07, 6.45) is 1.79. The molecule has 0 aliphatic heterocycles. The van der Waals surface area contributed by atoms with E-state index in [1.165, 1.54) is 11.9 Å². The van der Waals surface area contributed by atoms with Crippen molar-refractivity contribution in [3.8, 4) is 0 Å². The van der Waals surface area contributed by atoms with Crippen LogP contribution in [0.3, 0.4) is 0 Å². The van der Waals surface area contributed by atoms with E-state index in [0.29, 0.717) is 10.0 Å². The molecule has 0 spiro atoms. The third kappa shape index (κ3) is 3.01. The van der Waals surface area contributed by atoms with Gasteiger partial charge in [0.25, 0.3) is 0 Å². The number of pyridine rings is 1. The Morgan fingerprint density at radius 1 is 0.950 bits per heavy atom. The maximum Gasteiger partial charge on any atom is 0.0941 e. The molecule has 0 bridgehead atoms. The number of halogens is 2. The average Bonchev–Trinajstić information content (AvgIpc) is 2.44. The van der Waals surface area contributed by atoms with Crippen molar-refractivity contribution in [2.45, 2.75) is 4.90 Å². The lowest BCUT2D eigenvalue weighted by Crippen LogP contribution is -1.90. The molecule has 3 aromatic rings. The number of benzene rings is 2. The van der Waals surface area contributed by atoms with Crippen molar-refractivity contribution in [2.75, 3.05) is 4.72 Å². The van der Waals surface area contributed by atoms with Gasteiger partial charge in [-0.3, -0.25) is 4.98 Å². The van der Waals surface area contributed by atoms with Crippen molar-refractivity contribution in [3.05, 3.63) is 64.8 Å². The summed E-state index contributed by atoms with van der Waals surface area (Å²) in [7, 11) is 0. The van der Waals surface area contributed by atoms with E-state index in [1.54, 1.807) is 12.3 Å². The topological polar surface area (TPSA) is 24.9 Å². The van der Waals surface area contributed by atoms with Crippen LogP contribution in [0.25, 0.3) is 10.9 Å². The van der Waals surface area contributed by atoms with Gasteiger partial charge in [0.1, 0.15) is 0 Å². The van der Waals surface area contributed by atoms with Crippen LogP contribution in [0.4, 0.5) is 5.69 Å². The van der Waals surface area contributed by atoms with Gasteiger partial charge in [-0.15, -0.1) is 0 Å². The van der Waals surface area contributed by atoms with Crippen molar-refractivity contribution < 1.29 is 0 Å². The van der Waals surface area contributed by atoms with Crippen LogP contribution in [0, 0.1) is 0 Å². The largest absolute Gasteiger partial charge is 0.324 e. The zero-order chi connectivity index (χ0) is 13.9. The Morgan fingerprint density at radius 3 is 2.50 bits per heavy atom. The number of rotatable bonds is 3. The molecule has 0 fully saturated rings. The average molecular weight is 321 g/mol. The second-order valence-electron chi connectivity index (χ2n) is 4.19. The van der Waals surface area contributed by atoms with E-state index < -0.39 is 0 Å². The molecule has 1 heterocycles. The molecule has 0 atom stereocenters. The zero-order valence-corrected chi connectivity index (χ0v) is 12.6. The standard InChI is InChI=1S/C15H10Cl2N2S/c16-11-7-12(17)9-13(8-11)20-19-14-5-1-3-10-4-2-6-18-15(10)14/h1-9,19H. The Morgan fingerprint density at radius 2 is 1.70 bits per heavy atom. The van der Waals surface area contributed by atoms with Gasteiger partial charge < -0.3 is 4.72 Å². The quantitative estimate of drug-likeness (QED) is 0.630. The van der Waals surface area contributed by atoms with Gasteiger partial charge in [0.15, 0.2) is 0 Å². The number of anilines is 1. The monoisotopic (exact) mass is 320 g/mol. The summed E-state index contributed by atoms with van der Waals surface area (Å²) in [5.41, 5.74) is 1.90. The van der Waals surface area contributed by atoms with Crippen molar-refractivity contribution in [1.82, 2.24) is 4.98 Å². The van der Waals surface area contributed by atoms with E-state index in [-0.39, 0.29) is 0 Å². The fourth-order valence-corrected chi connectivity index (χ4v) is 3.31. The van der Waals surface area contributed by atoms with Crippen LogP contribution in [-0.4, -0.2) is 4.98 Å². The lowest BCUT2D eigenvalue weighted by Gasteiger charge is -2.08. The van der Waals surface area contributed by atoms with Crippen molar-refractivity contribution in [2.24, 2.45) is 0 Å². The van der Waals surface area contributed by atoms with Gasteiger partial charge in [0.05, 0.1) is 11.2 Å². The Hall–Kier alpha value is -1.42. The molecule has 2 aromatic carbocycles. The first-order valence-corrected chi connectivity index (χ1v) is 7.52. The minimum absolute atomic E-state index is 0.623. The minimum atomic E-state index is 0.623. The Balaban J connectivity index is 1.87. The van der Waals surface area contributed by atoms with Crippen LogP contribution in [0.5, 0.6) is 0 Å². The normalized spacial score (nSPS) is 10.7. The predicted molar refractivity (Wildman–Crippen MR) is 87.7 cm³/mol. The first kappa shape index (κ1) is 13.6. The Bertz CT molecular complexity index is 736. The first-order chi connectivity index (χ1) is 9.72. The van der Waals surface area contributed by atoms with Crippen LogP contribution in [-0.2, 0) is 0 Å². The highest BCUT2D eigenvalue weighted by molar-refractivity contribution is 8.00. The number of nitrogens with one attached hydrogen (secondary N) is 1. The summed E-state index contributed by atoms with van der Waals surface area (Å²) >= 11 is 13.4. The molecule has 0 unspecified atom stereocenters. The highest BCUT2D eigenvalue weighted by atomic mass is 35.5. The van der Waals surface area contributed by atoms with Crippen LogP contribution >= 0.6 is 35.1 Å². The maximum atomic E-state index is 5.99. The summed E-state index contributed by atoms with van der Waals surface area (Å²) in [6.45, 7) is 0. The molecule has 0 saturated carbocycles. The molecule has 5 heteroatoms. The molecule has 0 amide bonds. The lowest BCUT2D eigenvalue weighted by molar-refractivity contribution is 1.41. The van der Waals surface area contributed by atoms with Gasteiger partial charge in [-0.25, -0.2) is 0 Å². The summed E-state index contributed by atoms with van der Waals surface area (Å²) in [5.74, 6) is 0.